The molecule has 0 fully saturated rings. The van der Waals surface area contributed by atoms with Gasteiger partial charge < -0.3 is 4.90 Å². The van der Waals surface area contributed by atoms with Gasteiger partial charge in [-0.2, -0.15) is 10.2 Å². The monoisotopic (exact) mass is 219 g/mol. The summed E-state index contributed by atoms with van der Waals surface area (Å²) in [6, 6.07) is 1.79. The molecule has 84 valence electrons. The summed E-state index contributed by atoms with van der Waals surface area (Å²) in [6.45, 7) is 0.817. The number of H-pyrrole nitrogens is 1. The maximum Gasteiger partial charge on any atom is 0.244 e. The number of carbonyl (C=O) groups excluding carboxylic acids is 1. The number of nitrogens with zero attached hydrogens (tertiary/aromatic N) is 4. The Morgan fingerprint density at radius 2 is 2.50 bits per heavy atom. The molecule has 1 amide bonds. The van der Waals surface area contributed by atoms with Crippen molar-refractivity contribution in [2.24, 2.45) is 0 Å². The summed E-state index contributed by atoms with van der Waals surface area (Å²) in [4.78, 5) is 13.4. The fraction of sp³-hybridized carbons (Fsp3) is 0.300. The smallest absolute Gasteiger partial charge is 0.244 e. The molecule has 0 bridgehead atoms. The largest absolute Gasteiger partial charge is 0.340 e. The van der Waals surface area contributed by atoms with E-state index in [0.29, 0.717) is 6.54 Å². The third-order valence-electron chi connectivity index (χ3n) is 2.26. The van der Waals surface area contributed by atoms with Gasteiger partial charge in [-0.25, -0.2) is 0 Å². The average Bonchev–Trinajstić information content (AvgIpc) is 2.90. The standard InChI is InChI=1S/C10H13N5O/c1-14(7-9-5-11-12-6-9)10(16)8-15-4-2-3-13-15/h2-6H,7-8H2,1H3,(H,11,12). The molecule has 2 aromatic rings. The lowest BCUT2D eigenvalue weighted by Crippen LogP contribution is -2.29. The van der Waals surface area contributed by atoms with Crippen LogP contribution in [0.1, 0.15) is 5.56 Å². The number of aromatic nitrogens is 4. The van der Waals surface area contributed by atoms with Crippen molar-refractivity contribution < 1.29 is 4.79 Å². The van der Waals surface area contributed by atoms with Gasteiger partial charge in [0, 0.05) is 37.7 Å². The van der Waals surface area contributed by atoms with Gasteiger partial charge in [-0.15, -0.1) is 0 Å². The van der Waals surface area contributed by atoms with Crippen molar-refractivity contribution in [2.45, 2.75) is 13.1 Å². The Bertz CT molecular complexity index is 434. The topological polar surface area (TPSA) is 66.8 Å². The molecule has 0 spiro atoms. The summed E-state index contributed by atoms with van der Waals surface area (Å²) in [7, 11) is 1.76. The molecule has 0 aromatic carbocycles. The van der Waals surface area contributed by atoms with Crippen molar-refractivity contribution in [2.75, 3.05) is 7.05 Å². The average molecular weight is 219 g/mol. The molecular formula is C10H13N5O. The molecule has 0 radical (unpaired) electrons. The van der Waals surface area contributed by atoms with Crippen molar-refractivity contribution in [1.82, 2.24) is 24.9 Å². The van der Waals surface area contributed by atoms with Gasteiger partial charge in [0.2, 0.25) is 5.91 Å². The third kappa shape index (κ3) is 2.47. The Kier molecular flexibility index (Phi) is 3.00. The number of aromatic amines is 1. The van der Waals surface area contributed by atoms with Crippen LogP contribution >= 0.6 is 0 Å². The number of nitrogens with one attached hydrogen (secondary N) is 1. The highest BCUT2D eigenvalue weighted by Gasteiger charge is 2.10. The summed E-state index contributed by atoms with van der Waals surface area (Å²) >= 11 is 0. The molecule has 0 saturated heterocycles. The highest BCUT2D eigenvalue weighted by Crippen LogP contribution is 2.00. The molecule has 6 nitrogen and oxygen atoms in total. The van der Waals surface area contributed by atoms with Crippen molar-refractivity contribution >= 4 is 5.91 Å². The van der Waals surface area contributed by atoms with Gasteiger partial charge in [-0.1, -0.05) is 0 Å². The Balaban J connectivity index is 1.90. The van der Waals surface area contributed by atoms with Gasteiger partial charge >= 0.3 is 0 Å². The fourth-order valence-corrected chi connectivity index (χ4v) is 1.38. The molecule has 16 heavy (non-hydrogen) atoms. The number of hydrogen-bond acceptors (Lipinski definition) is 3. The van der Waals surface area contributed by atoms with E-state index in [1.807, 2.05) is 0 Å². The van der Waals surface area contributed by atoms with Gasteiger partial charge in [0.25, 0.3) is 0 Å². The van der Waals surface area contributed by atoms with E-state index in [2.05, 4.69) is 15.3 Å². The first kappa shape index (κ1) is 10.4. The molecule has 0 saturated carbocycles. The van der Waals surface area contributed by atoms with Crippen LogP contribution in [-0.2, 0) is 17.9 Å². The number of amides is 1. The zero-order valence-corrected chi connectivity index (χ0v) is 9.00. The quantitative estimate of drug-likeness (QED) is 0.802. The predicted molar refractivity (Wildman–Crippen MR) is 57.3 cm³/mol. The first-order chi connectivity index (χ1) is 7.75. The first-order valence-electron chi connectivity index (χ1n) is 4.95. The molecule has 6 heteroatoms. The van der Waals surface area contributed by atoms with Gasteiger partial charge in [0.15, 0.2) is 0 Å². The summed E-state index contributed by atoms with van der Waals surface area (Å²) in [5.74, 6) is 0.0184. The minimum absolute atomic E-state index is 0.0184. The minimum Gasteiger partial charge on any atom is -0.340 e. The highest BCUT2D eigenvalue weighted by atomic mass is 16.2. The van der Waals surface area contributed by atoms with Crippen LogP contribution in [0.3, 0.4) is 0 Å². The normalized spacial score (nSPS) is 10.3. The molecule has 0 unspecified atom stereocenters. The molecule has 2 heterocycles. The van der Waals surface area contributed by atoms with E-state index in [1.54, 1.807) is 47.5 Å². The van der Waals surface area contributed by atoms with Gasteiger partial charge in [-0.3, -0.25) is 14.6 Å². The molecule has 0 aliphatic rings. The molecule has 1 N–H and O–H groups in total. The van der Waals surface area contributed by atoms with E-state index in [9.17, 15) is 4.79 Å². The van der Waals surface area contributed by atoms with Crippen LogP contribution in [0, 0.1) is 0 Å². The molecule has 0 atom stereocenters. The second-order valence-corrected chi connectivity index (χ2v) is 3.56. The van der Waals surface area contributed by atoms with Crippen LogP contribution in [0.25, 0.3) is 0 Å². The Morgan fingerprint density at radius 3 is 3.12 bits per heavy atom. The zero-order chi connectivity index (χ0) is 11.4. The van der Waals surface area contributed by atoms with Gasteiger partial charge in [-0.05, 0) is 6.07 Å². The zero-order valence-electron chi connectivity index (χ0n) is 9.00. The van der Waals surface area contributed by atoms with E-state index in [-0.39, 0.29) is 12.5 Å². The molecule has 2 aromatic heterocycles. The molecular weight excluding hydrogens is 206 g/mol. The molecule has 0 aliphatic heterocycles. The van der Waals surface area contributed by atoms with Crippen LogP contribution in [0.5, 0.6) is 0 Å². The number of hydrogen-bond donors (Lipinski definition) is 1. The van der Waals surface area contributed by atoms with Crippen molar-refractivity contribution in [3.8, 4) is 0 Å². The van der Waals surface area contributed by atoms with Crippen LogP contribution < -0.4 is 0 Å². The maximum absolute atomic E-state index is 11.8. The maximum atomic E-state index is 11.8. The second-order valence-electron chi connectivity index (χ2n) is 3.56. The number of carbonyl (C=O) groups is 1. The van der Waals surface area contributed by atoms with Gasteiger partial charge in [0.1, 0.15) is 6.54 Å². The highest BCUT2D eigenvalue weighted by molar-refractivity contribution is 5.75. The SMILES string of the molecule is CN(Cc1cn[nH]c1)C(=O)Cn1cccn1. The van der Waals surface area contributed by atoms with Crippen molar-refractivity contribution in [3.63, 3.8) is 0 Å². The Morgan fingerprint density at radius 1 is 1.62 bits per heavy atom. The van der Waals surface area contributed by atoms with E-state index < -0.39 is 0 Å². The Hall–Kier alpha value is -2.11. The number of rotatable bonds is 4. The van der Waals surface area contributed by atoms with Crippen molar-refractivity contribution in [1.29, 1.82) is 0 Å². The first-order valence-corrected chi connectivity index (χ1v) is 4.95. The molecule has 0 aliphatic carbocycles. The summed E-state index contributed by atoms with van der Waals surface area (Å²) < 4.78 is 1.61. The lowest BCUT2D eigenvalue weighted by molar-refractivity contribution is -0.131. The number of likely N-dealkylation sites (N-methyl/N-ethyl adjacent to an activating group) is 1. The Labute approximate surface area is 92.9 Å². The van der Waals surface area contributed by atoms with Crippen LogP contribution in [0.2, 0.25) is 0 Å². The second kappa shape index (κ2) is 4.61. The van der Waals surface area contributed by atoms with E-state index >= 15 is 0 Å². The summed E-state index contributed by atoms with van der Waals surface area (Å²) in [6.07, 6.45) is 6.91. The molecule has 2 rings (SSSR count). The predicted octanol–water partition coefficient (Wildman–Crippen LogP) is 0.265. The van der Waals surface area contributed by atoms with E-state index in [0.717, 1.165) is 5.56 Å². The lowest BCUT2D eigenvalue weighted by atomic mass is 10.3. The minimum atomic E-state index is 0.0184. The summed E-state index contributed by atoms with van der Waals surface area (Å²) in [5.41, 5.74) is 0.983. The fourth-order valence-electron chi connectivity index (χ4n) is 1.38. The van der Waals surface area contributed by atoms with Crippen LogP contribution in [0.4, 0.5) is 0 Å². The lowest BCUT2D eigenvalue weighted by Gasteiger charge is -2.15. The van der Waals surface area contributed by atoms with E-state index in [1.165, 1.54) is 0 Å². The third-order valence-corrected chi connectivity index (χ3v) is 2.26. The van der Waals surface area contributed by atoms with Crippen LogP contribution in [0.15, 0.2) is 30.9 Å². The van der Waals surface area contributed by atoms with Gasteiger partial charge in [0.05, 0.1) is 6.20 Å². The van der Waals surface area contributed by atoms with E-state index in [4.69, 9.17) is 0 Å². The van der Waals surface area contributed by atoms with Crippen molar-refractivity contribution in [3.05, 3.63) is 36.4 Å². The van der Waals surface area contributed by atoms with Crippen LogP contribution in [-0.4, -0.2) is 37.8 Å². The summed E-state index contributed by atoms with van der Waals surface area (Å²) in [5, 5.41) is 10.5.